The summed E-state index contributed by atoms with van der Waals surface area (Å²) in [5, 5.41) is 6.78. The number of nitrogens with zero attached hydrogens (tertiary/aromatic N) is 2. The molecule has 6 heteroatoms. The maximum absolute atomic E-state index is 12.0. The Morgan fingerprint density at radius 1 is 1.38 bits per heavy atom. The Bertz CT molecular complexity index is 645. The van der Waals surface area contributed by atoms with Gasteiger partial charge < -0.3 is 15.0 Å². The van der Waals surface area contributed by atoms with Gasteiger partial charge in [0, 0.05) is 24.5 Å². The van der Waals surface area contributed by atoms with E-state index >= 15 is 0 Å². The summed E-state index contributed by atoms with van der Waals surface area (Å²) < 4.78 is 1.87. The highest BCUT2D eigenvalue weighted by molar-refractivity contribution is 6.30. The van der Waals surface area contributed by atoms with E-state index in [2.05, 4.69) is 15.6 Å². The van der Waals surface area contributed by atoms with Crippen molar-refractivity contribution in [2.45, 2.75) is 45.8 Å². The van der Waals surface area contributed by atoms with Gasteiger partial charge in [0.05, 0.1) is 16.8 Å². The van der Waals surface area contributed by atoms with Gasteiger partial charge >= 0.3 is 0 Å². The third-order valence-electron chi connectivity index (χ3n) is 2.95. The van der Waals surface area contributed by atoms with Crippen molar-refractivity contribution in [3.8, 4) is 0 Å². The number of nitrogens with one attached hydrogen (secondary N) is 2. The summed E-state index contributed by atoms with van der Waals surface area (Å²) in [5.41, 5.74) is 1.48. The summed E-state index contributed by atoms with van der Waals surface area (Å²) in [7, 11) is 0. The van der Waals surface area contributed by atoms with Crippen molar-refractivity contribution in [2.24, 2.45) is 0 Å². The molecule has 0 radical (unpaired) electrons. The van der Waals surface area contributed by atoms with Crippen molar-refractivity contribution in [3.05, 3.63) is 35.2 Å². The van der Waals surface area contributed by atoms with Gasteiger partial charge in [0.15, 0.2) is 0 Å². The third-order valence-corrected chi connectivity index (χ3v) is 3.17. The number of halogens is 1. The summed E-state index contributed by atoms with van der Waals surface area (Å²) in [5.74, 6) is -0.0192. The van der Waals surface area contributed by atoms with Crippen LogP contribution in [0.2, 0.25) is 5.02 Å². The van der Waals surface area contributed by atoms with Crippen LogP contribution in [0, 0.1) is 0 Å². The molecule has 1 atom stereocenters. The van der Waals surface area contributed by atoms with Gasteiger partial charge in [-0.15, -0.1) is 0 Å². The van der Waals surface area contributed by atoms with Gasteiger partial charge in [0.1, 0.15) is 5.65 Å². The molecule has 1 unspecified atom stereocenters. The van der Waals surface area contributed by atoms with E-state index in [1.54, 1.807) is 6.07 Å². The van der Waals surface area contributed by atoms with Gasteiger partial charge in [0.25, 0.3) is 0 Å². The lowest BCUT2D eigenvalue weighted by Crippen LogP contribution is -2.49. The Hall–Kier alpha value is -1.59. The number of hydrogen-bond donors (Lipinski definition) is 2. The molecule has 0 spiro atoms. The van der Waals surface area contributed by atoms with E-state index in [0.29, 0.717) is 11.6 Å². The predicted molar refractivity (Wildman–Crippen MR) is 84.4 cm³/mol. The number of imidazole rings is 1. The van der Waals surface area contributed by atoms with Crippen molar-refractivity contribution in [3.63, 3.8) is 0 Å². The number of carbonyl (C=O) groups is 1. The molecule has 2 aromatic rings. The minimum absolute atomic E-state index is 0.0192. The van der Waals surface area contributed by atoms with Crippen molar-refractivity contribution < 1.29 is 4.79 Å². The van der Waals surface area contributed by atoms with E-state index in [-0.39, 0.29) is 17.5 Å². The highest BCUT2D eigenvalue weighted by Gasteiger charge is 2.18. The summed E-state index contributed by atoms with van der Waals surface area (Å²) in [6.07, 6.45) is 3.71. The van der Waals surface area contributed by atoms with Crippen molar-refractivity contribution in [2.75, 3.05) is 0 Å². The molecule has 0 aliphatic rings. The summed E-state index contributed by atoms with van der Waals surface area (Å²) in [4.78, 5) is 16.4. The Labute approximate surface area is 129 Å². The fraction of sp³-hybridized carbons (Fsp3) is 0.467. The first-order valence-corrected chi connectivity index (χ1v) is 7.31. The largest absolute Gasteiger partial charge is 0.350 e. The van der Waals surface area contributed by atoms with E-state index in [9.17, 15) is 4.79 Å². The molecule has 1 amide bonds. The lowest BCUT2D eigenvalue weighted by molar-refractivity contribution is -0.124. The molecule has 0 aliphatic carbocycles. The lowest BCUT2D eigenvalue weighted by atomic mass is 10.1. The van der Waals surface area contributed by atoms with Gasteiger partial charge in [-0.05, 0) is 39.8 Å². The number of pyridine rings is 1. The van der Waals surface area contributed by atoms with Gasteiger partial charge in [-0.2, -0.15) is 0 Å². The molecule has 0 aliphatic heterocycles. The SMILES string of the molecule is CC(NCc1cn2cc(Cl)ccc2n1)C(=O)NC(C)(C)C. The number of hydrogen-bond acceptors (Lipinski definition) is 3. The second-order valence-electron chi connectivity index (χ2n) is 6.19. The standard InChI is InChI=1S/C15H21ClN4O/c1-10(14(21)19-15(2,3)4)17-7-12-9-20-8-11(16)5-6-13(20)18-12/h5-6,8-10,17H,7H2,1-4H3,(H,19,21). The van der Waals surface area contributed by atoms with Crippen LogP contribution < -0.4 is 10.6 Å². The van der Waals surface area contributed by atoms with Crippen LogP contribution in [-0.4, -0.2) is 26.9 Å². The van der Waals surface area contributed by atoms with Gasteiger partial charge in [0.2, 0.25) is 5.91 Å². The zero-order chi connectivity index (χ0) is 15.6. The summed E-state index contributed by atoms with van der Waals surface area (Å²) >= 11 is 5.94. The lowest BCUT2D eigenvalue weighted by Gasteiger charge is -2.23. The molecule has 0 fully saturated rings. The van der Waals surface area contributed by atoms with E-state index in [1.165, 1.54) is 0 Å². The molecule has 5 nitrogen and oxygen atoms in total. The molecule has 2 N–H and O–H groups in total. The van der Waals surface area contributed by atoms with Crippen LogP contribution in [0.5, 0.6) is 0 Å². The molecule has 0 saturated carbocycles. The zero-order valence-corrected chi connectivity index (χ0v) is 13.5. The maximum atomic E-state index is 12.0. The zero-order valence-electron chi connectivity index (χ0n) is 12.8. The fourth-order valence-electron chi connectivity index (χ4n) is 1.93. The van der Waals surface area contributed by atoms with Crippen LogP contribution >= 0.6 is 11.6 Å². The van der Waals surface area contributed by atoms with E-state index in [1.807, 2.05) is 50.6 Å². The van der Waals surface area contributed by atoms with Crippen LogP contribution in [0.4, 0.5) is 0 Å². The molecule has 2 rings (SSSR count). The average molecular weight is 309 g/mol. The van der Waals surface area contributed by atoms with Gasteiger partial charge in [-0.1, -0.05) is 11.6 Å². The predicted octanol–water partition coefficient (Wildman–Crippen LogP) is 2.38. The molecule has 0 bridgehead atoms. The molecular formula is C15H21ClN4O. The van der Waals surface area contributed by atoms with Crippen LogP contribution in [0.25, 0.3) is 5.65 Å². The minimum atomic E-state index is -0.280. The molecule has 0 aromatic carbocycles. The minimum Gasteiger partial charge on any atom is -0.350 e. The van der Waals surface area contributed by atoms with Crippen LogP contribution in [0.3, 0.4) is 0 Å². The first kappa shape index (κ1) is 15.8. The Morgan fingerprint density at radius 2 is 2.10 bits per heavy atom. The molecule has 2 heterocycles. The van der Waals surface area contributed by atoms with Crippen LogP contribution in [0.15, 0.2) is 24.5 Å². The maximum Gasteiger partial charge on any atom is 0.237 e. The first-order valence-electron chi connectivity index (χ1n) is 6.93. The fourth-order valence-corrected chi connectivity index (χ4v) is 2.10. The molecule has 0 saturated heterocycles. The number of aromatic nitrogens is 2. The highest BCUT2D eigenvalue weighted by atomic mass is 35.5. The van der Waals surface area contributed by atoms with E-state index in [0.717, 1.165) is 11.3 Å². The number of rotatable bonds is 4. The van der Waals surface area contributed by atoms with E-state index < -0.39 is 0 Å². The molecule has 114 valence electrons. The number of carbonyl (C=O) groups excluding carboxylic acids is 1. The molecule has 21 heavy (non-hydrogen) atoms. The quantitative estimate of drug-likeness (QED) is 0.912. The van der Waals surface area contributed by atoms with Crippen molar-refractivity contribution in [1.29, 1.82) is 0 Å². The average Bonchev–Trinajstić information content (AvgIpc) is 2.75. The number of amides is 1. The van der Waals surface area contributed by atoms with Crippen LogP contribution in [-0.2, 0) is 11.3 Å². The van der Waals surface area contributed by atoms with Gasteiger partial charge in [-0.3, -0.25) is 4.79 Å². The summed E-state index contributed by atoms with van der Waals surface area (Å²) in [6, 6.07) is 3.39. The van der Waals surface area contributed by atoms with Crippen molar-refractivity contribution >= 4 is 23.2 Å². The topological polar surface area (TPSA) is 58.4 Å². The van der Waals surface area contributed by atoms with Crippen molar-refractivity contribution in [1.82, 2.24) is 20.0 Å². The Morgan fingerprint density at radius 3 is 2.76 bits per heavy atom. The van der Waals surface area contributed by atoms with Crippen LogP contribution in [0.1, 0.15) is 33.4 Å². The first-order chi connectivity index (χ1) is 9.74. The van der Waals surface area contributed by atoms with Gasteiger partial charge in [-0.25, -0.2) is 4.98 Å². The third kappa shape index (κ3) is 4.44. The second-order valence-corrected chi connectivity index (χ2v) is 6.62. The smallest absolute Gasteiger partial charge is 0.237 e. The normalized spacial score (nSPS) is 13.4. The number of fused-ring (bicyclic) bond motifs is 1. The highest BCUT2D eigenvalue weighted by Crippen LogP contribution is 2.11. The second kappa shape index (κ2) is 6.03. The summed E-state index contributed by atoms with van der Waals surface area (Å²) in [6.45, 7) is 8.25. The monoisotopic (exact) mass is 308 g/mol. The van der Waals surface area contributed by atoms with E-state index in [4.69, 9.17) is 11.6 Å². The molecular weight excluding hydrogens is 288 g/mol. The molecule has 2 aromatic heterocycles. The Balaban J connectivity index is 1.96. The Kier molecular flexibility index (Phi) is 4.54.